The van der Waals surface area contributed by atoms with Gasteiger partial charge in [-0.2, -0.15) is 0 Å². The van der Waals surface area contributed by atoms with Crippen LogP contribution in [0.4, 0.5) is 0 Å². The largest absolute Gasteiger partial charge is 0.497 e. The minimum Gasteiger partial charge on any atom is -0.497 e. The number of benzene rings is 1. The first-order chi connectivity index (χ1) is 11.1. The molecule has 0 radical (unpaired) electrons. The van der Waals surface area contributed by atoms with Crippen molar-refractivity contribution in [2.45, 2.75) is 6.92 Å². The van der Waals surface area contributed by atoms with Crippen LogP contribution in [-0.2, 0) is 4.79 Å². The number of rotatable bonds is 3. The first-order valence-corrected chi connectivity index (χ1v) is 7.64. The van der Waals surface area contributed by atoms with E-state index in [1.165, 1.54) is 18.3 Å². The van der Waals surface area contributed by atoms with Gasteiger partial charge in [0.05, 0.1) is 19.0 Å². The van der Waals surface area contributed by atoms with Crippen molar-refractivity contribution in [3.63, 3.8) is 0 Å². The van der Waals surface area contributed by atoms with Crippen molar-refractivity contribution >= 4 is 28.1 Å². The highest BCUT2D eigenvalue weighted by Crippen LogP contribution is 2.27. The lowest BCUT2D eigenvalue weighted by atomic mass is 10.1. The highest BCUT2D eigenvalue weighted by Gasteiger charge is 2.17. The van der Waals surface area contributed by atoms with E-state index in [4.69, 9.17) is 4.74 Å². The zero-order valence-corrected chi connectivity index (χ0v) is 13.3. The Hall–Kier alpha value is -2.87. The monoisotopic (exact) mass is 330 g/mol. The Kier molecular flexibility index (Phi) is 3.98. The molecule has 8 heteroatoms. The molecular formula is C15H14N4O3S. The van der Waals surface area contributed by atoms with Gasteiger partial charge in [0.2, 0.25) is 5.91 Å². The molecule has 0 aliphatic carbocycles. The zero-order valence-electron chi connectivity index (χ0n) is 12.5. The van der Waals surface area contributed by atoms with Crippen LogP contribution in [0.1, 0.15) is 17.4 Å². The average molecular weight is 330 g/mol. The number of ether oxygens (including phenoxy) is 1. The maximum atomic E-state index is 12.2. The number of thiazole rings is 1. The Labute approximate surface area is 135 Å². The van der Waals surface area contributed by atoms with Gasteiger partial charge in [-0.1, -0.05) is 0 Å². The SMILES string of the molecule is COc1ccc(-c2cnc3scc(C(=O)NNC(C)=O)n23)cc1. The van der Waals surface area contributed by atoms with E-state index in [-0.39, 0.29) is 5.91 Å². The Balaban J connectivity index is 2.00. The van der Waals surface area contributed by atoms with Crippen LogP contribution in [0.25, 0.3) is 16.2 Å². The standard InChI is InChI=1S/C15H14N4O3S/c1-9(20)17-18-14(21)13-8-23-15-16-7-12(19(13)15)10-3-5-11(22-2)6-4-10/h3-8H,1-2H3,(H,17,20)(H,18,21). The van der Waals surface area contributed by atoms with Crippen LogP contribution in [0.3, 0.4) is 0 Å². The topological polar surface area (TPSA) is 84.7 Å². The summed E-state index contributed by atoms with van der Waals surface area (Å²) in [4.78, 5) is 28.2. The van der Waals surface area contributed by atoms with E-state index in [0.29, 0.717) is 10.7 Å². The smallest absolute Gasteiger partial charge is 0.287 e. The fourth-order valence-corrected chi connectivity index (χ4v) is 2.99. The number of hydrogen-bond donors (Lipinski definition) is 2. The molecule has 3 aromatic rings. The van der Waals surface area contributed by atoms with Gasteiger partial charge in [0.1, 0.15) is 11.4 Å². The van der Waals surface area contributed by atoms with Crippen molar-refractivity contribution in [3.05, 3.63) is 41.5 Å². The van der Waals surface area contributed by atoms with Crippen molar-refractivity contribution in [1.82, 2.24) is 20.2 Å². The van der Waals surface area contributed by atoms with E-state index >= 15 is 0 Å². The van der Waals surface area contributed by atoms with E-state index in [2.05, 4.69) is 15.8 Å². The molecule has 118 valence electrons. The Morgan fingerprint density at radius 3 is 2.61 bits per heavy atom. The predicted molar refractivity (Wildman–Crippen MR) is 86.3 cm³/mol. The van der Waals surface area contributed by atoms with Crippen molar-refractivity contribution in [2.24, 2.45) is 0 Å². The number of carbonyl (C=O) groups is 2. The average Bonchev–Trinajstić information content (AvgIpc) is 3.14. The molecule has 0 aliphatic heterocycles. The lowest BCUT2D eigenvalue weighted by Gasteiger charge is -2.07. The van der Waals surface area contributed by atoms with Gasteiger partial charge < -0.3 is 4.74 Å². The molecule has 1 aromatic carbocycles. The molecule has 0 spiro atoms. The maximum absolute atomic E-state index is 12.2. The van der Waals surface area contributed by atoms with Gasteiger partial charge in [0, 0.05) is 17.9 Å². The van der Waals surface area contributed by atoms with E-state index < -0.39 is 5.91 Å². The summed E-state index contributed by atoms with van der Waals surface area (Å²) in [5.41, 5.74) is 6.74. The molecule has 0 saturated heterocycles. The minimum atomic E-state index is -0.404. The minimum absolute atomic E-state index is 0.342. The zero-order chi connectivity index (χ0) is 16.4. The highest BCUT2D eigenvalue weighted by molar-refractivity contribution is 7.15. The summed E-state index contributed by atoms with van der Waals surface area (Å²) in [5, 5.41) is 1.70. The van der Waals surface area contributed by atoms with Crippen LogP contribution < -0.4 is 15.6 Å². The summed E-state index contributed by atoms with van der Waals surface area (Å²) in [7, 11) is 1.61. The molecule has 2 amide bonds. The Bertz CT molecular complexity index is 867. The summed E-state index contributed by atoms with van der Waals surface area (Å²) in [5.74, 6) is 0.00787. The number of imidazole rings is 1. The second-order valence-corrected chi connectivity index (χ2v) is 5.58. The van der Waals surface area contributed by atoms with Gasteiger partial charge in [0.15, 0.2) is 4.96 Å². The molecule has 0 fully saturated rings. The molecule has 7 nitrogen and oxygen atoms in total. The van der Waals surface area contributed by atoms with E-state index in [0.717, 1.165) is 17.0 Å². The number of hydrogen-bond acceptors (Lipinski definition) is 5. The lowest BCUT2D eigenvalue weighted by Crippen LogP contribution is -2.40. The molecule has 3 rings (SSSR count). The van der Waals surface area contributed by atoms with Crippen molar-refractivity contribution in [3.8, 4) is 17.0 Å². The third kappa shape index (κ3) is 2.88. The first kappa shape index (κ1) is 15.0. The number of nitrogens with one attached hydrogen (secondary N) is 2. The molecule has 0 saturated carbocycles. The van der Waals surface area contributed by atoms with E-state index in [9.17, 15) is 9.59 Å². The van der Waals surface area contributed by atoms with Crippen LogP contribution >= 0.6 is 11.3 Å². The number of aromatic nitrogens is 2. The summed E-state index contributed by atoms with van der Waals surface area (Å²) < 4.78 is 6.90. The van der Waals surface area contributed by atoms with Gasteiger partial charge in [0.25, 0.3) is 5.91 Å². The van der Waals surface area contributed by atoms with Crippen molar-refractivity contribution in [1.29, 1.82) is 0 Å². The third-order valence-corrected chi connectivity index (χ3v) is 4.06. The summed E-state index contributed by atoms with van der Waals surface area (Å²) in [6.45, 7) is 1.32. The lowest BCUT2D eigenvalue weighted by molar-refractivity contribution is -0.119. The van der Waals surface area contributed by atoms with Crippen LogP contribution in [0.5, 0.6) is 5.75 Å². The van der Waals surface area contributed by atoms with Crippen molar-refractivity contribution in [2.75, 3.05) is 7.11 Å². The van der Waals surface area contributed by atoms with Gasteiger partial charge in [-0.25, -0.2) is 4.98 Å². The van der Waals surface area contributed by atoms with Gasteiger partial charge in [-0.15, -0.1) is 11.3 Å². The summed E-state index contributed by atoms with van der Waals surface area (Å²) >= 11 is 1.35. The van der Waals surface area contributed by atoms with Gasteiger partial charge in [-0.3, -0.25) is 24.8 Å². The molecular weight excluding hydrogens is 316 g/mol. The highest BCUT2D eigenvalue weighted by atomic mass is 32.1. The summed E-state index contributed by atoms with van der Waals surface area (Å²) in [6.07, 6.45) is 1.71. The van der Waals surface area contributed by atoms with Crippen LogP contribution in [0.2, 0.25) is 0 Å². The quantitative estimate of drug-likeness (QED) is 0.718. The maximum Gasteiger partial charge on any atom is 0.287 e. The second-order valence-electron chi connectivity index (χ2n) is 4.75. The van der Waals surface area contributed by atoms with Gasteiger partial charge in [-0.05, 0) is 24.3 Å². The molecule has 2 aromatic heterocycles. The molecule has 0 bridgehead atoms. The number of nitrogens with zero attached hydrogens (tertiary/aromatic N) is 2. The molecule has 2 heterocycles. The molecule has 23 heavy (non-hydrogen) atoms. The summed E-state index contributed by atoms with van der Waals surface area (Å²) in [6, 6.07) is 7.49. The fraction of sp³-hybridized carbons (Fsp3) is 0.133. The van der Waals surface area contributed by atoms with Crippen molar-refractivity contribution < 1.29 is 14.3 Å². The molecule has 0 aliphatic rings. The van der Waals surface area contributed by atoms with E-state index in [1.54, 1.807) is 23.1 Å². The third-order valence-electron chi connectivity index (χ3n) is 3.22. The number of methoxy groups -OCH3 is 1. The molecule has 0 atom stereocenters. The second kappa shape index (κ2) is 6.09. The van der Waals surface area contributed by atoms with Crippen LogP contribution in [0.15, 0.2) is 35.8 Å². The first-order valence-electron chi connectivity index (χ1n) is 6.76. The molecule has 0 unspecified atom stereocenters. The van der Waals surface area contributed by atoms with E-state index in [1.807, 2.05) is 24.3 Å². The van der Waals surface area contributed by atoms with Crippen LogP contribution in [0, 0.1) is 0 Å². The Morgan fingerprint density at radius 2 is 1.96 bits per heavy atom. The number of carbonyl (C=O) groups excluding carboxylic acids is 2. The predicted octanol–water partition coefficient (Wildman–Crippen LogP) is 1.85. The Morgan fingerprint density at radius 1 is 1.22 bits per heavy atom. The fourth-order valence-electron chi connectivity index (χ4n) is 2.14. The van der Waals surface area contributed by atoms with Crippen LogP contribution in [-0.4, -0.2) is 28.3 Å². The number of amides is 2. The number of fused-ring (bicyclic) bond motifs is 1. The van der Waals surface area contributed by atoms with Gasteiger partial charge >= 0.3 is 0 Å². The number of hydrazine groups is 1. The normalized spacial score (nSPS) is 10.5. The molecule has 2 N–H and O–H groups in total.